The summed E-state index contributed by atoms with van der Waals surface area (Å²) in [6.45, 7) is 1.94. The minimum Gasteiger partial charge on any atom is -0.470 e. The largest absolute Gasteiger partial charge is 0.470 e. The predicted molar refractivity (Wildman–Crippen MR) is 50.1 cm³/mol. The quantitative estimate of drug-likeness (QED) is 0.706. The Labute approximate surface area is 82.0 Å². The molecule has 0 aliphatic carbocycles. The van der Waals surface area contributed by atoms with E-state index >= 15 is 0 Å². The normalized spacial score (nSPS) is 20.2. The summed E-state index contributed by atoms with van der Waals surface area (Å²) >= 11 is 0. The Hall–Kier alpha value is -1.49. The van der Waals surface area contributed by atoms with E-state index in [4.69, 9.17) is 9.84 Å². The molecule has 1 aromatic heterocycles. The van der Waals surface area contributed by atoms with Crippen LogP contribution in [0.25, 0.3) is 0 Å². The third-order valence-corrected chi connectivity index (χ3v) is 2.23. The van der Waals surface area contributed by atoms with Crippen molar-refractivity contribution in [1.82, 2.24) is 15.1 Å². The molecule has 1 aliphatic heterocycles. The molecule has 0 aromatic carbocycles. The van der Waals surface area contributed by atoms with E-state index in [-0.39, 0.29) is 12.8 Å². The molecule has 1 aliphatic rings. The predicted octanol–water partition coefficient (Wildman–Crippen LogP) is 0.181. The summed E-state index contributed by atoms with van der Waals surface area (Å²) in [5.41, 5.74) is 2.57. The molecule has 2 N–H and O–H groups in total. The number of aliphatic hydroxyl groups is 1. The van der Waals surface area contributed by atoms with Crippen LogP contribution >= 0.6 is 0 Å². The molecule has 0 bridgehead atoms. The molecule has 0 spiro atoms. The fourth-order valence-corrected chi connectivity index (χ4v) is 1.33. The van der Waals surface area contributed by atoms with E-state index in [1.165, 1.54) is 6.26 Å². The number of nitrogens with zero attached hydrogens (tertiary/aromatic N) is 2. The molecule has 5 nitrogen and oxygen atoms in total. The fourth-order valence-electron chi connectivity index (χ4n) is 1.33. The van der Waals surface area contributed by atoms with E-state index in [0.717, 1.165) is 11.4 Å². The van der Waals surface area contributed by atoms with Gasteiger partial charge >= 0.3 is 0 Å². The third kappa shape index (κ3) is 1.46. The second-order valence-corrected chi connectivity index (χ2v) is 3.30. The smallest absolute Gasteiger partial charge is 0.214 e. The number of hydrogen-bond acceptors (Lipinski definition) is 4. The standard InChI is InChI=1S/C9H13N3O2/c1-6-3-8(11-12(6)2)9-10-7(4-13)5-14-9/h3,5,9-10,13H,4H2,1-2H3. The highest BCUT2D eigenvalue weighted by molar-refractivity contribution is 5.15. The van der Waals surface area contributed by atoms with Gasteiger partial charge in [-0.15, -0.1) is 0 Å². The molecule has 2 rings (SSSR count). The van der Waals surface area contributed by atoms with Crippen molar-refractivity contribution < 1.29 is 9.84 Å². The topological polar surface area (TPSA) is 59.3 Å². The molecule has 1 unspecified atom stereocenters. The first-order chi connectivity index (χ1) is 6.70. The highest BCUT2D eigenvalue weighted by Gasteiger charge is 2.21. The number of aromatic nitrogens is 2. The van der Waals surface area contributed by atoms with Crippen molar-refractivity contribution in [1.29, 1.82) is 0 Å². The maximum atomic E-state index is 8.85. The minimum atomic E-state index is -0.267. The van der Waals surface area contributed by atoms with E-state index in [1.54, 1.807) is 4.68 Å². The van der Waals surface area contributed by atoms with Crippen LogP contribution in [0.2, 0.25) is 0 Å². The zero-order valence-electron chi connectivity index (χ0n) is 8.19. The van der Waals surface area contributed by atoms with Crippen molar-refractivity contribution in [2.45, 2.75) is 13.2 Å². The van der Waals surface area contributed by atoms with Crippen LogP contribution in [0.15, 0.2) is 18.0 Å². The lowest BCUT2D eigenvalue weighted by molar-refractivity contribution is 0.148. The average molecular weight is 195 g/mol. The molecular weight excluding hydrogens is 182 g/mol. The minimum absolute atomic E-state index is 0.0394. The molecule has 1 atom stereocenters. The summed E-state index contributed by atoms with van der Waals surface area (Å²) in [7, 11) is 1.88. The maximum Gasteiger partial charge on any atom is 0.214 e. The van der Waals surface area contributed by atoms with E-state index < -0.39 is 0 Å². The summed E-state index contributed by atoms with van der Waals surface area (Å²) in [5.74, 6) is 0. The Kier molecular flexibility index (Phi) is 2.17. The molecular formula is C9H13N3O2. The van der Waals surface area contributed by atoms with Gasteiger partial charge in [0, 0.05) is 12.7 Å². The van der Waals surface area contributed by atoms with Crippen molar-refractivity contribution in [3.8, 4) is 0 Å². The summed E-state index contributed by atoms with van der Waals surface area (Å²) in [6, 6.07) is 1.95. The SMILES string of the molecule is Cc1cc(C2NC(CO)=CO2)nn1C. The van der Waals surface area contributed by atoms with Gasteiger partial charge in [-0.3, -0.25) is 4.68 Å². The average Bonchev–Trinajstić information content (AvgIpc) is 2.74. The molecule has 0 fully saturated rings. The first-order valence-electron chi connectivity index (χ1n) is 4.43. The number of aliphatic hydroxyl groups excluding tert-OH is 1. The Morgan fingerprint density at radius 2 is 2.50 bits per heavy atom. The van der Waals surface area contributed by atoms with Crippen molar-refractivity contribution in [2.75, 3.05) is 6.61 Å². The van der Waals surface area contributed by atoms with Crippen LogP contribution in [0.4, 0.5) is 0 Å². The second kappa shape index (κ2) is 3.34. The van der Waals surface area contributed by atoms with Crippen LogP contribution in [-0.2, 0) is 11.8 Å². The van der Waals surface area contributed by atoms with E-state index in [9.17, 15) is 0 Å². The van der Waals surface area contributed by atoms with Crippen LogP contribution in [0, 0.1) is 6.92 Å². The summed E-state index contributed by atoms with van der Waals surface area (Å²) < 4.78 is 7.09. The highest BCUT2D eigenvalue weighted by Crippen LogP contribution is 2.20. The summed E-state index contributed by atoms with van der Waals surface area (Å²) in [6.07, 6.45) is 1.26. The lowest BCUT2D eigenvalue weighted by Crippen LogP contribution is -2.17. The lowest BCUT2D eigenvalue weighted by atomic mass is 10.3. The Morgan fingerprint density at radius 3 is 3.00 bits per heavy atom. The van der Waals surface area contributed by atoms with E-state index in [0.29, 0.717) is 5.70 Å². The number of ether oxygens (including phenoxy) is 1. The lowest BCUT2D eigenvalue weighted by Gasteiger charge is -2.08. The molecule has 0 radical (unpaired) electrons. The van der Waals surface area contributed by atoms with Gasteiger partial charge in [-0.05, 0) is 13.0 Å². The molecule has 2 heterocycles. The Morgan fingerprint density at radius 1 is 1.71 bits per heavy atom. The van der Waals surface area contributed by atoms with Crippen LogP contribution in [0.1, 0.15) is 17.6 Å². The van der Waals surface area contributed by atoms with Gasteiger partial charge in [-0.1, -0.05) is 0 Å². The molecule has 5 heteroatoms. The molecule has 0 saturated heterocycles. The van der Waals surface area contributed by atoms with Gasteiger partial charge in [0.1, 0.15) is 12.0 Å². The fraction of sp³-hybridized carbons (Fsp3) is 0.444. The Bertz CT molecular complexity index is 351. The van der Waals surface area contributed by atoms with Crippen LogP contribution in [-0.4, -0.2) is 21.5 Å². The van der Waals surface area contributed by atoms with Crippen molar-refractivity contribution in [2.24, 2.45) is 7.05 Å². The number of nitrogens with one attached hydrogen (secondary N) is 1. The van der Waals surface area contributed by atoms with Gasteiger partial charge < -0.3 is 15.2 Å². The van der Waals surface area contributed by atoms with Gasteiger partial charge in [-0.2, -0.15) is 5.10 Å². The van der Waals surface area contributed by atoms with E-state index in [2.05, 4.69) is 10.4 Å². The number of rotatable bonds is 2. The molecule has 1 aromatic rings. The molecule has 0 saturated carbocycles. The summed E-state index contributed by atoms with van der Waals surface area (Å²) in [5, 5.41) is 16.1. The van der Waals surface area contributed by atoms with Crippen LogP contribution < -0.4 is 5.32 Å². The van der Waals surface area contributed by atoms with Crippen molar-refractivity contribution in [3.63, 3.8) is 0 Å². The number of hydrogen-bond donors (Lipinski definition) is 2. The van der Waals surface area contributed by atoms with Gasteiger partial charge in [-0.25, -0.2) is 0 Å². The molecule has 14 heavy (non-hydrogen) atoms. The molecule has 76 valence electrons. The van der Waals surface area contributed by atoms with E-state index in [1.807, 2.05) is 20.0 Å². The van der Waals surface area contributed by atoms with Crippen LogP contribution in [0.3, 0.4) is 0 Å². The van der Waals surface area contributed by atoms with Gasteiger partial charge in [0.05, 0.1) is 12.3 Å². The van der Waals surface area contributed by atoms with Crippen molar-refractivity contribution in [3.05, 3.63) is 29.4 Å². The summed E-state index contributed by atoms with van der Waals surface area (Å²) in [4.78, 5) is 0. The third-order valence-electron chi connectivity index (χ3n) is 2.23. The zero-order valence-corrected chi connectivity index (χ0v) is 8.19. The second-order valence-electron chi connectivity index (χ2n) is 3.30. The van der Waals surface area contributed by atoms with Crippen LogP contribution in [0.5, 0.6) is 0 Å². The first kappa shape index (κ1) is 9.08. The zero-order chi connectivity index (χ0) is 10.1. The van der Waals surface area contributed by atoms with Gasteiger partial charge in [0.2, 0.25) is 6.23 Å². The number of aryl methyl sites for hydroxylation is 2. The monoisotopic (exact) mass is 195 g/mol. The van der Waals surface area contributed by atoms with Gasteiger partial charge in [0.15, 0.2) is 0 Å². The Balaban J connectivity index is 2.12. The van der Waals surface area contributed by atoms with Gasteiger partial charge in [0.25, 0.3) is 0 Å². The molecule has 0 amide bonds. The first-order valence-corrected chi connectivity index (χ1v) is 4.43. The highest BCUT2D eigenvalue weighted by atomic mass is 16.5. The maximum absolute atomic E-state index is 8.85. The van der Waals surface area contributed by atoms with Crippen molar-refractivity contribution >= 4 is 0 Å².